The van der Waals surface area contributed by atoms with Crippen molar-refractivity contribution < 1.29 is 9.59 Å². The van der Waals surface area contributed by atoms with Crippen LogP contribution in [0.2, 0.25) is 0 Å². The summed E-state index contributed by atoms with van der Waals surface area (Å²) in [6.45, 7) is 1.08. The number of hydrogen-bond donors (Lipinski definition) is 1. The molecule has 10 heteroatoms. The van der Waals surface area contributed by atoms with E-state index < -0.39 is 5.54 Å². The van der Waals surface area contributed by atoms with Crippen LogP contribution in [0, 0.1) is 0 Å². The summed E-state index contributed by atoms with van der Waals surface area (Å²) in [7, 11) is 5.54. The summed E-state index contributed by atoms with van der Waals surface area (Å²) in [6, 6.07) is 0. The second kappa shape index (κ2) is 6.42. The van der Waals surface area contributed by atoms with Crippen LogP contribution in [0.15, 0.2) is 16.5 Å². The first kappa shape index (κ1) is 16.7. The molecule has 1 aromatic rings. The Morgan fingerprint density at radius 2 is 2.12 bits per heavy atom. The number of piperidine rings is 1. The smallest absolute Gasteiger partial charge is 0.254 e. The Hall–Kier alpha value is -2.10. The molecule has 0 atom stereocenters. The lowest BCUT2D eigenvalue weighted by Crippen LogP contribution is -2.51. The zero-order chi connectivity index (χ0) is 17.3. The van der Waals surface area contributed by atoms with Gasteiger partial charge in [0.15, 0.2) is 5.16 Å². The van der Waals surface area contributed by atoms with Crippen LogP contribution in [0.4, 0.5) is 0 Å². The van der Waals surface area contributed by atoms with Gasteiger partial charge in [0, 0.05) is 34.2 Å². The van der Waals surface area contributed by atoms with Crippen molar-refractivity contribution in [1.82, 2.24) is 29.9 Å². The molecule has 0 aliphatic carbocycles. The number of aryl methyl sites for hydroxylation is 1. The number of nitrogens with one attached hydrogen (secondary N) is 1. The van der Waals surface area contributed by atoms with Gasteiger partial charge in [-0.05, 0) is 12.8 Å². The first-order valence-electron chi connectivity index (χ1n) is 7.74. The molecule has 1 saturated heterocycles. The van der Waals surface area contributed by atoms with Gasteiger partial charge in [-0.1, -0.05) is 11.8 Å². The number of aromatic nitrogens is 3. The molecule has 2 aliphatic rings. The quantitative estimate of drug-likeness (QED) is 0.725. The number of likely N-dealkylation sites (tertiary alicyclic amines) is 1. The van der Waals surface area contributed by atoms with Gasteiger partial charge in [-0.3, -0.25) is 14.9 Å². The van der Waals surface area contributed by atoms with Crippen LogP contribution in [0.5, 0.6) is 0 Å². The van der Waals surface area contributed by atoms with E-state index in [4.69, 9.17) is 0 Å². The predicted molar refractivity (Wildman–Crippen MR) is 89.5 cm³/mol. The van der Waals surface area contributed by atoms with Gasteiger partial charge in [-0.15, -0.1) is 10.2 Å². The highest BCUT2D eigenvalue weighted by Gasteiger charge is 2.46. The van der Waals surface area contributed by atoms with E-state index in [1.54, 1.807) is 20.7 Å². The monoisotopic (exact) mass is 351 g/mol. The molecule has 3 rings (SSSR count). The standard InChI is InChI=1S/C14H21N7O2S/c1-19(2)12-16-11(23)14(17-12)4-6-21(7-5-14)10(22)8-24-13-18-15-9-20(13)3/h9H,4-8H2,1-3H3,(H,16,17,23). The topological polar surface area (TPSA) is 95.7 Å². The third-order valence-electron chi connectivity index (χ3n) is 4.33. The Morgan fingerprint density at radius 1 is 1.42 bits per heavy atom. The average molecular weight is 351 g/mol. The van der Waals surface area contributed by atoms with E-state index in [0.29, 0.717) is 42.8 Å². The van der Waals surface area contributed by atoms with E-state index in [0.717, 1.165) is 0 Å². The van der Waals surface area contributed by atoms with Crippen LogP contribution < -0.4 is 5.32 Å². The first-order valence-corrected chi connectivity index (χ1v) is 8.73. The fraction of sp³-hybridized carbons (Fsp3) is 0.643. The number of guanidine groups is 1. The Morgan fingerprint density at radius 3 is 2.67 bits per heavy atom. The summed E-state index contributed by atoms with van der Waals surface area (Å²) in [4.78, 5) is 32.8. The van der Waals surface area contributed by atoms with Gasteiger partial charge in [0.25, 0.3) is 5.91 Å². The molecule has 9 nitrogen and oxygen atoms in total. The van der Waals surface area contributed by atoms with Gasteiger partial charge in [0.1, 0.15) is 11.9 Å². The van der Waals surface area contributed by atoms with Crippen molar-refractivity contribution in [3.05, 3.63) is 6.33 Å². The number of carbonyl (C=O) groups excluding carboxylic acids is 2. The molecule has 130 valence electrons. The van der Waals surface area contributed by atoms with Crippen LogP contribution >= 0.6 is 11.8 Å². The lowest BCUT2D eigenvalue weighted by atomic mass is 9.88. The van der Waals surface area contributed by atoms with Crippen molar-refractivity contribution in [1.29, 1.82) is 0 Å². The van der Waals surface area contributed by atoms with Gasteiger partial charge < -0.3 is 14.4 Å². The molecule has 0 radical (unpaired) electrons. The molecular weight excluding hydrogens is 330 g/mol. The van der Waals surface area contributed by atoms with Gasteiger partial charge >= 0.3 is 0 Å². The molecule has 1 N–H and O–H groups in total. The number of rotatable bonds is 3. The van der Waals surface area contributed by atoms with Gasteiger partial charge in [0.05, 0.1) is 5.75 Å². The van der Waals surface area contributed by atoms with E-state index >= 15 is 0 Å². The Kier molecular flexibility index (Phi) is 4.48. The van der Waals surface area contributed by atoms with Gasteiger partial charge in [-0.25, -0.2) is 4.99 Å². The molecule has 2 aliphatic heterocycles. The summed E-state index contributed by atoms with van der Waals surface area (Å²) < 4.78 is 1.78. The van der Waals surface area contributed by atoms with Crippen molar-refractivity contribution in [3.63, 3.8) is 0 Å². The number of carbonyl (C=O) groups is 2. The van der Waals surface area contributed by atoms with E-state index in [-0.39, 0.29) is 11.8 Å². The normalized spacial score (nSPS) is 19.4. The molecule has 0 aromatic carbocycles. The zero-order valence-corrected chi connectivity index (χ0v) is 14.8. The minimum atomic E-state index is -0.715. The lowest BCUT2D eigenvalue weighted by Gasteiger charge is -2.35. The maximum absolute atomic E-state index is 12.4. The Labute approximate surface area is 144 Å². The summed E-state index contributed by atoms with van der Waals surface area (Å²) in [6.07, 6.45) is 2.71. The summed E-state index contributed by atoms with van der Waals surface area (Å²) in [5.74, 6) is 0.898. The summed E-state index contributed by atoms with van der Waals surface area (Å²) in [5, 5.41) is 11.3. The minimum Gasteiger partial charge on any atom is -0.349 e. The van der Waals surface area contributed by atoms with E-state index in [1.807, 2.05) is 21.1 Å². The molecule has 1 fully saturated rings. The van der Waals surface area contributed by atoms with Crippen LogP contribution in [0.3, 0.4) is 0 Å². The zero-order valence-electron chi connectivity index (χ0n) is 14.0. The maximum Gasteiger partial charge on any atom is 0.254 e. The molecule has 24 heavy (non-hydrogen) atoms. The number of amides is 2. The largest absolute Gasteiger partial charge is 0.349 e. The molecule has 0 unspecified atom stereocenters. The van der Waals surface area contributed by atoms with Crippen molar-refractivity contribution in [2.45, 2.75) is 23.5 Å². The highest BCUT2D eigenvalue weighted by molar-refractivity contribution is 7.99. The fourth-order valence-corrected chi connectivity index (χ4v) is 3.59. The fourth-order valence-electron chi connectivity index (χ4n) is 2.80. The molecule has 0 saturated carbocycles. The summed E-state index contributed by atoms with van der Waals surface area (Å²) >= 11 is 1.37. The second-order valence-corrected chi connectivity index (χ2v) is 7.15. The van der Waals surface area contributed by atoms with Crippen LogP contribution in [-0.2, 0) is 16.6 Å². The molecule has 1 spiro atoms. The van der Waals surface area contributed by atoms with Crippen molar-refractivity contribution in [3.8, 4) is 0 Å². The Balaban J connectivity index is 1.56. The predicted octanol–water partition coefficient (Wildman–Crippen LogP) is -0.684. The number of nitrogens with zero attached hydrogens (tertiary/aromatic N) is 6. The molecule has 2 amide bonds. The van der Waals surface area contributed by atoms with Crippen molar-refractivity contribution in [2.75, 3.05) is 32.9 Å². The minimum absolute atomic E-state index is 0.0491. The molecule has 0 bridgehead atoms. The van der Waals surface area contributed by atoms with Crippen LogP contribution in [0.1, 0.15) is 12.8 Å². The number of thioether (sulfide) groups is 1. The molecular formula is C14H21N7O2S. The SMILES string of the molecule is CN(C)C1=NC2(CCN(C(=O)CSc3nncn3C)CC2)C(=O)N1. The highest BCUT2D eigenvalue weighted by Crippen LogP contribution is 2.30. The van der Waals surface area contributed by atoms with Crippen LogP contribution in [-0.4, -0.2) is 80.8 Å². The van der Waals surface area contributed by atoms with Crippen molar-refractivity contribution >= 4 is 29.5 Å². The summed E-state index contributed by atoms with van der Waals surface area (Å²) in [5.41, 5.74) is -0.715. The maximum atomic E-state index is 12.4. The second-order valence-electron chi connectivity index (χ2n) is 6.21. The highest BCUT2D eigenvalue weighted by atomic mass is 32.2. The number of aliphatic imine (C=N–C) groups is 1. The molecule has 1 aromatic heterocycles. The number of hydrogen-bond acceptors (Lipinski definition) is 7. The van der Waals surface area contributed by atoms with E-state index in [1.165, 1.54) is 11.8 Å². The third-order valence-corrected chi connectivity index (χ3v) is 5.35. The van der Waals surface area contributed by atoms with E-state index in [2.05, 4.69) is 20.5 Å². The Bertz CT molecular complexity index is 676. The lowest BCUT2D eigenvalue weighted by molar-refractivity contribution is -0.133. The van der Waals surface area contributed by atoms with Crippen molar-refractivity contribution in [2.24, 2.45) is 12.0 Å². The average Bonchev–Trinajstić information content (AvgIpc) is 3.10. The van der Waals surface area contributed by atoms with Gasteiger partial charge in [-0.2, -0.15) is 0 Å². The third kappa shape index (κ3) is 3.10. The van der Waals surface area contributed by atoms with Crippen LogP contribution in [0.25, 0.3) is 0 Å². The molecule has 3 heterocycles. The van der Waals surface area contributed by atoms with E-state index in [9.17, 15) is 9.59 Å². The first-order chi connectivity index (χ1) is 11.4. The van der Waals surface area contributed by atoms with Gasteiger partial charge in [0.2, 0.25) is 11.9 Å².